The molecule has 1 aromatic carbocycles. The van der Waals surface area contributed by atoms with Crippen molar-refractivity contribution in [3.63, 3.8) is 0 Å². The third kappa shape index (κ3) is 3.65. The molecule has 0 radical (unpaired) electrons. The molecular weight excluding hydrogens is 454 g/mol. The fraction of sp³-hybridized carbons (Fsp3) is 0.167. The summed E-state index contributed by atoms with van der Waals surface area (Å²) in [5.74, 6) is -4.04. The van der Waals surface area contributed by atoms with Crippen LogP contribution < -0.4 is 5.32 Å². The number of nitriles is 1. The molecule has 0 aliphatic heterocycles. The van der Waals surface area contributed by atoms with Crippen LogP contribution in [0.1, 0.15) is 29.9 Å². The number of carbonyl (C=O) groups excluding carboxylic acids is 1. The summed E-state index contributed by atoms with van der Waals surface area (Å²) < 4.78 is 33.7. The van der Waals surface area contributed by atoms with Crippen LogP contribution in [0.15, 0.2) is 60.9 Å². The third-order valence-electron chi connectivity index (χ3n) is 5.87. The summed E-state index contributed by atoms with van der Waals surface area (Å²) in [5.41, 5.74) is 1.96. The van der Waals surface area contributed by atoms with E-state index in [9.17, 15) is 4.79 Å². The molecule has 0 unspecified atom stereocenters. The Balaban J connectivity index is 1.36. The first-order valence-corrected chi connectivity index (χ1v) is 10.8. The highest BCUT2D eigenvalue weighted by atomic mass is 19.3. The lowest BCUT2D eigenvalue weighted by Crippen LogP contribution is -2.22. The maximum absolute atomic E-state index is 15.6. The summed E-state index contributed by atoms with van der Waals surface area (Å²) >= 11 is 0. The zero-order valence-electron chi connectivity index (χ0n) is 18.1. The van der Waals surface area contributed by atoms with Gasteiger partial charge in [0.1, 0.15) is 5.69 Å². The zero-order chi connectivity index (χ0) is 24.2. The highest BCUT2D eigenvalue weighted by Gasteiger charge is 2.41. The number of fused-ring (bicyclic) bond motifs is 2. The van der Waals surface area contributed by atoms with Crippen molar-refractivity contribution in [2.45, 2.75) is 18.8 Å². The van der Waals surface area contributed by atoms with E-state index >= 15 is 8.78 Å². The molecule has 172 valence electrons. The SMILES string of the molecule is N#Cc1ccc(-c2ccc3nnc(C(F)(F)c4ccc5nc(NC(=O)C6CC6)cn5n4)n3c2)cc1. The van der Waals surface area contributed by atoms with Gasteiger partial charge in [0.2, 0.25) is 11.7 Å². The quantitative estimate of drug-likeness (QED) is 0.418. The molecule has 9 nitrogen and oxygen atoms in total. The topological polar surface area (TPSA) is 113 Å². The van der Waals surface area contributed by atoms with E-state index in [0.29, 0.717) is 16.8 Å². The molecule has 6 rings (SSSR count). The smallest absolute Gasteiger partial charge is 0.309 e. The molecule has 4 heterocycles. The van der Waals surface area contributed by atoms with Crippen molar-refractivity contribution in [1.82, 2.24) is 29.2 Å². The van der Waals surface area contributed by atoms with Crippen molar-refractivity contribution in [3.05, 3.63) is 78.0 Å². The average Bonchev–Trinajstić information content (AvgIpc) is 3.51. The minimum Gasteiger partial charge on any atom is -0.309 e. The number of nitrogens with zero attached hydrogens (tertiary/aromatic N) is 7. The van der Waals surface area contributed by atoms with E-state index in [1.165, 1.54) is 33.4 Å². The first kappa shape index (κ1) is 20.9. The molecule has 11 heteroatoms. The molecule has 1 aliphatic rings. The first-order valence-electron chi connectivity index (χ1n) is 10.8. The van der Waals surface area contributed by atoms with Gasteiger partial charge in [-0.05, 0) is 60.4 Å². The number of nitrogens with one attached hydrogen (secondary N) is 1. The van der Waals surface area contributed by atoms with Crippen LogP contribution in [-0.2, 0) is 10.7 Å². The normalized spacial score (nSPS) is 13.7. The van der Waals surface area contributed by atoms with E-state index in [2.05, 4.69) is 31.7 Å². The maximum atomic E-state index is 15.6. The minimum atomic E-state index is -3.57. The Morgan fingerprint density at radius 3 is 2.49 bits per heavy atom. The second kappa shape index (κ2) is 7.66. The van der Waals surface area contributed by atoms with E-state index in [1.54, 1.807) is 36.4 Å². The van der Waals surface area contributed by atoms with Gasteiger partial charge in [0, 0.05) is 12.1 Å². The minimum absolute atomic E-state index is 0.0111. The van der Waals surface area contributed by atoms with Crippen LogP contribution in [-0.4, -0.2) is 35.1 Å². The number of hydrogen-bond donors (Lipinski definition) is 1. The summed E-state index contributed by atoms with van der Waals surface area (Å²) in [6, 6.07) is 14.8. The molecule has 5 aromatic rings. The van der Waals surface area contributed by atoms with Gasteiger partial charge in [-0.25, -0.2) is 9.50 Å². The van der Waals surface area contributed by atoms with Crippen LogP contribution in [0.2, 0.25) is 0 Å². The molecule has 0 spiro atoms. The Hall–Kier alpha value is -4.72. The van der Waals surface area contributed by atoms with Crippen molar-refractivity contribution >= 4 is 23.0 Å². The number of hydrogen-bond acceptors (Lipinski definition) is 6. The van der Waals surface area contributed by atoms with Crippen molar-refractivity contribution < 1.29 is 13.6 Å². The lowest BCUT2D eigenvalue weighted by Gasteiger charge is -2.14. The highest BCUT2D eigenvalue weighted by molar-refractivity contribution is 5.93. The number of imidazole rings is 1. The third-order valence-corrected chi connectivity index (χ3v) is 5.87. The van der Waals surface area contributed by atoms with Crippen LogP contribution in [0.25, 0.3) is 22.4 Å². The van der Waals surface area contributed by atoms with Crippen LogP contribution in [0, 0.1) is 17.2 Å². The van der Waals surface area contributed by atoms with Crippen LogP contribution in [0.4, 0.5) is 14.6 Å². The number of carbonyl (C=O) groups is 1. The van der Waals surface area contributed by atoms with E-state index in [1.807, 2.05) is 0 Å². The van der Waals surface area contributed by atoms with Crippen molar-refractivity contribution in [3.8, 4) is 17.2 Å². The summed E-state index contributed by atoms with van der Waals surface area (Å²) in [4.78, 5) is 16.2. The molecule has 1 saturated carbocycles. The Morgan fingerprint density at radius 1 is 1.00 bits per heavy atom. The lowest BCUT2D eigenvalue weighted by molar-refractivity contribution is -0.117. The number of rotatable bonds is 5. The molecule has 0 saturated heterocycles. The van der Waals surface area contributed by atoms with Crippen LogP contribution in [0.3, 0.4) is 0 Å². The van der Waals surface area contributed by atoms with Gasteiger partial charge in [0.05, 0.1) is 17.8 Å². The van der Waals surface area contributed by atoms with Gasteiger partial charge in [0.15, 0.2) is 17.1 Å². The van der Waals surface area contributed by atoms with Gasteiger partial charge in [0.25, 0.3) is 0 Å². The number of benzene rings is 1. The molecule has 0 bridgehead atoms. The molecular formula is C24H16F2N8O. The van der Waals surface area contributed by atoms with Gasteiger partial charge in [-0.15, -0.1) is 10.2 Å². The van der Waals surface area contributed by atoms with E-state index in [4.69, 9.17) is 5.26 Å². The van der Waals surface area contributed by atoms with Gasteiger partial charge in [-0.3, -0.25) is 9.20 Å². The van der Waals surface area contributed by atoms with Crippen molar-refractivity contribution in [2.24, 2.45) is 5.92 Å². The largest absolute Gasteiger partial charge is 0.350 e. The molecule has 1 aliphatic carbocycles. The lowest BCUT2D eigenvalue weighted by atomic mass is 10.1. The second-order valence-electron chi connectivity index (χ2n) is 8.34. The van der Waals surface area contributed by atoms with Gasteiger partial charge < -0.3 is 5.32 Å². The summed E-state index contributed by atoms with van der Waals surface area (Å²) in [5, 5.41) is 23.4. The Labute approximate surface area is 196 Å². The Kier molecular flexibility index (Phi) is 4.57. The average molecular weight is 470 g/mol. The molecule has 4 aromatic heterocycles. The monoisotopic (exact) mass is 470 g/mol. The molecule has 0 atom stereocenters. The van der Waals surface area contributed by atoms with E-state index in [-0.39, 0.29) is 23.3 Å². The molecule has 1 fully saturated rings. The van der Waals surface area contributed by atoms with Crippen molar-refractivity contribution in [2.75, 3.05) is 5.32 Å². The maximum Gasteiger partial charge on any atom is 0.350 e. The standard InChI is InChI=1S/C24H16F2N8O/c25-24(26,18-8-10-20-28-19(13-34(20)32-18)29-22(35)16-5-6-16)23-31-30-21-9-7-17(12-33(21)23)15-3-1-14(11-27)2-4-15/h1-4,7-10,12-13,16H,5-6H2,(H,29,35). The second-order valence-corrected chi connectivity index (χ2v) is 8.34. The summed E-state index contributed by atoms with van der Waals surface area (Å²) in [7, 11) is 0. The number of halogens is 2. The highest BCUT2D eigenvalue weighted by Crippen LogP contribution is 2.34. The number of alkyl halides is 2. The van der Waals surface area contributed by atoms with Gasteiger partial charge in [-0.1, -0.05) is 12.1 Å². The first-order chi connectivity index (χ1) is 16.9. The number of aromatic nitrogens is 6. The van der Waals surface area contributed by atoms with Gasteiger partial charge >= 0.3 is 5.92 Å². The fourth-order valence-electron chi connectivity index (χ4n) is 3.81. The number of pyridine rings is 1. The van der Waals surface area contributed by atoms with Crippen LogP contribution >= 0.6 is 0 Å². The zero-order valence-corrected chi connectivity index (χ0v) is 18.1. The molecule has 1 N–H and O–H groups in total. The Bertz CT molecular complexity index is 1640. The van der Waals surface area contributed by atoms with Gasteiger partial charge in [-0.2, -0.15) is 19.1 Å². The predicted octanol–water partition coefficient (Wildman–Crippen LogP) is 3.80. The summed E-state index contributed by atoms with van der Waals surface area (Å²) in [6.07, 6.45) is 4.61. The number of anilines is 1. The Morgan fingerprint density at radius 2 is 1.74 bits per heavy atom. The van der Waals surface area contributed by atoms with E-state index < -0.39 is 17.4 Å². The van der Waals surface area contributed by atoms with Crippen molar-refractivity contribution in [1.29, 1.82) is 5.26 Å². The van der Waals surface area contributed by atoms with E-state index in [0.717, 1.165) is 18.4 Å². The number of amides is 1. The summed E-state index contributed by atoms with van der Waals surface area (Å²) in [6.45, 7) is 0. The molecule has 1 amide bonds. The molecule has 35 heavy (non-hydrogen) atoms. The predicted molar refractivity (Wildman–Crippen MR) is 120 cm³/mol. The fourth-order valence-corrected chi connectivity index (χ4v) is 3.81. The van der Waals surface area contributed by atoms with Crippen LogP contribution in [0.5, 0.6) is 0 Å².